The van der Waals surface area contributed by atoms with Gasteiger partial charge in [-0.3, -0.25) is 14.4 Å². The maximum Gasteiger partial charge on any atom is 0.267 e. The van der Waals surface area contributed by atoms with Crippen LogP contribution in [0.15, 0.2) is 46.0 Å². The van der Waals surface area contributed by atoms with E-state index in [9.17, 15) is 14.4 Å². The number of rotatable bonds is 8. The number of carbonyl (C=O) groups is 1. The SMILES string of the molecule is COc1ccc(OC)c(-c2ccc(=O)n(CC(=O)NCCn3nc4c(cc3=O)CCCC4)n2)c1. The first kappa shape index (κ1) is 23.2. The van der Waals surface area contributed by atoms with Crippen LogP contribution in [0.4, 0.5) is 0 Å². The van der Waals surface area contributed by atoms with E-state index in [1.165, 1.54) is 17.9 Å². The molecule has 1 aliphatic rings. The highest BCUT2D eigenvalue weighted by molar-refractivity contribution is 5.75. The predicted octanol–water partition coefficient (Wildman–Crippen LogP) is 1.18. The molecule has 0 atom stereocenters. The highest BCUT2D eigenvalue weighted by Crippen LogP contribution is 2.31. The summed E-state index contributed by atoms with van der Waals surface area (Å²) < 4.78 is 13.1. The molecule has 1 N–H and O–H groups in total. The summed E-state index contributed by atoms with van der Waals surface area (Å²) in [5.41, 5.74) is 2.50. The van der Waals surface area contributed by atoms with Crippen molar-refractivity contribution in [1.29, 1.82) is 0 Å². The minimum atomic E-state index is -0.409. The molecular formula is C24H27N5O5. The van der Waals surface area contributed by atoms with Crippen LogP contribution in [0.25, 0.3) is 11.3 Å². The molecule has 10 heteroatoms. The van der Waals surface area contributed by atoms with Gasteiger partial charge >= 0.3 is 0 Å². The number of benzene rings is 1. The Morgan fingerprint density at radius 2 is 1.79 bits per heavy atom. The lowest BCUT2D eigenvalue weighted by atomic mass is 9.97. The number of carbonyl (C=O) groups excluding carboxylic acids is 1. The highest BCUT2D eigenvalue weighted by atomic mass is 16.5. The van der Waals surface area contributed by atoms with E-state index in [-0.39, 0.29) is 25.2 Å². The zero-order valence-electron chi connectivity index (χ0n) is 19.2. The molecule has 0 spiro atoms. The van der Waals surface area contributed by atoms with Crippen LogP contribution in [-0.4, -0.2) is 46.2 Å². The summed E-state index contributed by atoms with van der Waals surface area (Å²) in [5.74, 6) is 0.778. The van der Waals surface area contributed by atoms with Crippen LogP contribution >= 0.6 is 0 Å². The number of nitrogens with one attached hydrogen (secondary N) is 1. The highest BCUT2D eigenvalue weighted by Gasteiger charge is 2.14. The average Bonchev–Trinajstić information content (AvgIpc) is 2.85. The number of amides is 1. The first-order valence-corrected chi connectivity index (χ1v) is 11.2. The largest absolute Gasteiger partial charge is 0.497 e. The average molecular weight is 466 g/mol. The molecule has 0 unspecified atom stereocenters. The summed E-state index contributed by atoms with van der Waals surface area (Å²) in [4.78, 5) is 37.1. The fourth-order valence-corrected chi connectivity index (χ4v) is 3.97. The third kappa shape index (κ3) is 5.16. The number of ether oxygens (including phenoxy) is 2. The van der Waals surface area contributed by atoms with Crippen LogP contribution in [0.2, 0.25) is 0 Å². The molecule has 0 saturated heterocycles. The molecule has 2 heterocycles. The maximum absolute atomic E-state index is 12.5. The van der Waals surface area contributed by atoms with Gasteiger partial charge in [-0.2, -0.15) is 10.2 Å². The summed E-state index contributed by atoms with van der Waals surface area (Å²) in [6.45, 7) is 0.204. The topological polar surface area (TPSA) is 117 Å². The molecule has 0 radical (unpaired) electrons. The molecule has 1 aliphatic carbocycles. The Kier molecular flexibility index (Phi) is 7.05. The first-order valence-electron chi connectivity index (χ1n) is 11.2. The van der Waals surface area contributed by atoms with Gasteiger partial charge in [-0.25, -0.2) is 9.36 Å². The van der Waals surface area contributed by atoms with Gasteiger partial charge in [-0.1, -0.05) is 0 Å². The molecule has 0 fully saturated rings. The van der Waals surface area contributed by atoms with E-state index < -0.39 is 11.5 Å². The number of nitrogens with zero attached hydrogens (tertiary/aromatic N) is 4. The van der Waals surface area contributed by atoms with Gasteiger partial charge < -0.3 is 14.8 Å². The lowest BCUT2D eigenvalue weighted by Crippen LogP contribution is -2.37. The van der Waals surface area contributed by atoms with Gasteiger partial charge in [-0.15, -0.1) is 0 Å². The fourth-order valence-electron chi connectivity index (χ4n) is 3.97. The van der Waals surface area contributed by atoms with Crippen molar-refractivity contribution in [2.24, 2.45) is 0 Å². The van der Waals surface area contributed by atoms with E-state index in [0.29, 0.717) is 22.8 Å². The van der Waals surface area contributed by atoms with Crippen molar-refractivity contribution in [2.75, 3.05) is 20.8 Å². The summed E-state index contributed by atoms with van der Waals surface area (Å²) in [5, 5.41) is 11.5. The summed E-state index contributed by atoms with van der Waals surface area (Å²) in [6.07, 6.45) is 3.90. The molecular weight excluding hydrogens is 438 g/mol. The molecule has 2 aromatic heterocycles. The minimum absolute atomic E-state index is 0.173. The standard InChI is InChI=1S/C24H27N5O5/c1-33-17-7-9-21(34-2)18(14-17)20-8-10-23(31)29(27-20)15-22(30)25-11-12-28-24(32)13-16-5-3-4-6-19(16)26-28/h7-10,13-14H,3-6,11-12,15H2,1-2H3,(H,25,30). The van der Waals surface area contributed by atoms with Gasteiger partial charge in [0.2, 0.25) is 5.91 Å². The number of methoxy groups -OCH3 is 2. The van der Waals surface area contributed by atoms with Gasteiger partial charge in [0.05, 0.1) is 32.2 Å². The number of aromatic nitrogens is 4. The van der Waals surface area contributed by atoms with E-state index in [4.69, 9.17) is 9.47 Å². The molecule has 4 rings (SSSR count). The van der Waals surface area contributed by atoms with E-state index in [1.807, 2.05) is 0 Å². The Balaban J connectivity index is 1.43. The van der Waals surface area contributed by atoms with Crippen LogP contribution in [0.1, 0.15) is 24.1 Å². The van der Waals surface area contributed by atoms with Gasteiger partial charge in [0.15, 0.2) is 0 Å². The van der Waals surface area contributed by atoms with Crippen LogP contribution in [0, 0.1) is 0 Å². The summed E-state index contributed by atoms with van der Waals surface area (Å²) in [7, 11) is 3.09. The number of hydrogen-bond acceptors (Lipinski definition) is 7. The molecule has 3 aromatic rings. The third-order valence-electron chi connectivity index (χ3n) is 5.76. The van der Waals surface area contributed by atoms with Gasteiger partial charge in [0.1, 0.15) is 18.0 Å². The van der Waals surface area contributed by atoms with Crippen LogP contribution in [0.3, 0.4) is 0 Å². The quantitative estimate of drug-likeness (QED) is 0.531. The Bertz CT molecular complexity index is 1310. The maximum atomic E-state index is 12.5. The van der Waals surface area contributed by atoms with Crippen molar-refractivity contribution in [3.63, 3.8) is 0 Å². The second-order valence-corrected chi connectivity index (χ2v) is 8.02. The number of aryl methyl sites for hydroxylation is 2. The van der Waals surface area contributed by atoms with Crippen LogP contribution in [-0.2, 0) is 30.7 Å². The summed E-state index contributed by atoms with van der Waals surface area (Å²) >= 11 is 0. The Hall–Kier alpha value is -3.95. The molecule has 34 heavy (non-hydrogen) atoms. The second-order valence-electron chi connectivity index (χ2n) is 8.02. The third-order valence-corrected chi connectivity index (χ3v) is 5.76. The molecule has 178 valence electrons. The summed E-state index contributed by atoms with van der Waals surface area (Å²) in [6, 6.07) is 9.82. The van der Waals surface area contributed by atoms with E-state index in [0.717, 1.165) is 41.6 Å². The molecule has 0 bridgehead atoms. The van der Waals surface area contributed by atoms with Gasteiger partial charge in [-0.05, 0) is 55.5 Å². The lowest BCUT2D eigenvalue weighted by Gasteiger charge is -2.16. The van der Waals surface area contributed by atoms with E-state index in [1.54, 1.807) is 37.4 Å². The Labute approximate surface area is 196 Å². The van der Waals surface area contributed by atoms with E-state index in [2.05, 4.69) is 15.5 Å². The van der Waals surface area contributed by atoms with Crippen molar-refractivity contribution in [3.05, 3.63) is 68.4 Å². The van der Waals surface area contributed by atoms with Gasteiger partial charge in [0, 0.05) is 24.2 Å². The minimum Gasteiger partial charge on any atom is -0.497 e. The molecule has 1 aromatic carbocycles. The van der Waals surface area contributed by atoms with Crippen molar-refractivity contribution in [2.45, 2.75) is 38.8 Å². The van der Waals surface area contributed by atoms with Crippen molar-refractivity contribution < 1.29 is 14.3 Å². The van der Waals surface area contributed by atoms with Crippen LogP contribution in [0.5, 0.6) is 11.5 Å². The van der Waals surface area contributed by atoms with Crippen molar-refractivity contribution in [1.82, 2.24) is 24.9 Å². The monoisotopic (exact) mass is 465 g/mol. The first-order chi connectivity index (χ1) is 16.5. The number of fused-ring (bicyclic) bond motifs is 1. The fraction of sp³-hybridized carbons (Fsp3) is 0.375. The number of hydrogen-bond donors (Lipinski definition) is 1. The van der Waals surface area contributed by atoms with Crippen LogP contribution < -0.4 is 25.9 Å². The molecule has 10 nitrogen and oxygen atoms in total. The Morgan fingerprint density at radius 1 is 0.971 bits per heavy atom. The predicted molar refractivity (Wildman–Crippen MR) is 125 cm³/mol. The second kappa shape index (κ2) is 10.3. The lowest BCUT2D eigenvalue weighted by molar-refractivity contribution is -0.121. The van der Waals surface area contributed by atoms with Crippen molar-refractivity contribution >= 4 is 5.91 Å². The molecule has 1 amide bonds. The normalized spacial score (nSPS) is 12.6. The smallest absolute Gasteiger partial charge is 0.267 e. The van der Waals surface area contributed by atoms with E-state index >= 15 is 0 Å². The van der Waals surface area contributed by atoms with Gasteiger partial charge in [0.25, 0.3) is 11.1 Å². The zero-order chi connectivity index (χ0) is 24.1. The molecule has 0 saturated carbocycles. The van der Waals surface area contributed by atoms with Crippen molar-refractivity contribution in [3.8, 4) is 22.8 Å². The molecule has 0 aliphatic heterocycles. The zero-order valence-corrected chi connectivity index (χ0v) is 19.2. The Morgan fingerprint density at radius 3 is 2.59 bits per heavy atom.